The lowest BCUT2D eigenvalue weighted by Gasteiger charge is -2.13. The molecule has 1 fully saturated rings. The van der Waals surface area contributed by atoms with Crippen LogP contribution < -0.4 is 4.74 Å². The van der Waals surface area contributed by atoms with Crippen molar-refractivity contribution in [1.29, 1.82) is 0 Å². The normalized spacial score (nSPS) is 14.1. The Labute approximate surface area is 114 Å². The van der Waals surface area contributed by atoms with Crippen LogP contribution in [0.3, 0.4) is 0 Å². The smallest absolute Gasteiger partial charge is 0.416 e. The van der Waals surface area contributed by atoms with Crippen molar-refractivity contribution in [2.24, 2.45) is 0 Å². The lowest BCUT2D eigenvalue weighted by Crippen LogP contribution is -2.35. The number of cyclic esters (lactones) is 1. The number of imide groups is 1. The van der Waals surface area contributed by atoms with Crippen molar-refractivity contribution in [2.75, 3.05) is 19.8 Å². The van der Waals surface area contributed by atoms with Gasteiger partial charge in [0.25, 0.3) is 5.91 Å². The molecule has 1 aliphatic heterocycles. The van der Waals surface area contributed by atoms with E-state index in [0.29, 0.717) is 11.3 Å². The number of carboxylic acid groups (broad SMARTS) is 1. The zero-order valence-electron chi connectivity index (χ0n) is 10.8. The highest BCUT2D eigenvalue weighted by Crippen LogP contribution is 2.21. The molecule has 0 spiro atoms. The molecule has 1 N–H and O–H groups in total. The Hall–Kier alpha value is -2.57. The standard InChI is InChI=1S/C13H13NO6/c1-8-9(12(16)17)3-2-4-10(8)20-7-11(15)14-5-6-19-13(14)18/h2-4H,5-7H2,1H3,(H,16,17). The van der Waals surface area contributed by atoms with E-state index in [1.54, 1.807) is 13.0 Å². The van der Waals surface area contributed by atoms with Crippen LogP contribution in [0.5, 0.6) is 5.75 Å². The Morgan fingerprint density at radius 2 is 2.20 bits per heavy atom. The number of ether oxygens (including phenoxy) is 2. The zero-order valence-corrected chi connectivity index (χ0v) is 10.8. The number of carboxylic acids is 1. The Morgan fingerprint density at radius 1 is 1.45 bits per heavy atom. The minimum absolute atomic E-state index is 0.107. The summed E-state index contributed by atoms with van der Waals surface area (Å²) in [6, 6.07) is 4.54. The van der Waals surface area contributed by atoms with Gasteiger partial charge in [-0.3, -0.25) is 4.79 Å². The first-order valence-electron chi connectivity index (χ1n) is 5.93. The average molecular weight is 279 g/mol. The predicted molar refractivity (Wildman–Crippen MR) is 66.7 cm³/mol. The molecule has 1 saturated heterocycles. The number of hydrogen-bond donors (Lipinski definition) is 1. The number of rotatable bonds is 4. The van der Waals surface area contributed by atoms with Crippen LogP contribution in [0.2, 0.25) is 0 Å². The summed E-state index contributed by atoms with van der Waals surface area (Å²) >= 11 is 0. The summed E-state index contributed by atoms with van der Waals surface area (Å²) in [5, 5.41) is 8.98. The highest BCUT2D eigenvalue weighted by atomic mass is 16.6. The monoisotopic (exact) mass is 279 g/mol. The van der Waals surface area contributed by atoms with Crippen molar-refractivity contribution < 1.29 is 29.0 Å². The maximum atomic E-state index is 11.7. The number of aromatic carboxylic acids is 1. The number of carbonyl (C=O) groups is 3. The first-order chi connectivity index (χ1) is 9.50. The van der Waals surface area contributed by atoms with Gasteiger partial charge >= 0.3 is 12.1 Å². The molecule has 7 nitrogen and oxygen atoms in total. The van der Waals surface area contributed by atoms with Crippen LogP contribution >= 0.6 is 0 Å². The fourth-order valence-corrected chi connectivity index (χ4v) is 1.84. The molecule has 2 amide bonds. The van der Waals surface area contributed by atoms with Gasteiger partial charge in [-0.2, -0.15) is 0 Å². The molecule has 0 radical (unpaired) electrons. The van der Waals surface area contributed by atoms with E-state index in [1.165, 1.54) is 12.1 Å². The topological polar surface area (TPSA) is 93.1 Å². The second-order valence-corrected chi connectivity index (χ2v) is 4.18. The molecule has 7 heteroatoms. The predicted octanol–water partition coefficient (Wildman–Crippen LogP) is 1.05. The maximum Gasteiger partial charge on any atom is 0.416 e. The molecular formula is C13H13NO6. The molecule has 2 rings (SSSR count). The fourth-order valence-electron chi connectivity index (χ4n) is 1.84. The minimum Gasteiger partial charge on any atom is -0.483 e. The third kappa shape index (κ3) is 2.71. The van der Waals surface area contributed by atoms with Gasteiger partial charge in [-0.05, 0) is 19.1 Å². The Bertz CT molecular complexity index is 568. The molecule has 1 aromatic rings. The van der Waals surface area contributed by atoms with Crippen LogP contribution in [0.25, 0.3) is 0 Å². The van der Waals surface area contributed by atoms with Gasteiger partial charge in [0.05, 0.1) is 12.1 Å². The van der Waals surface area contributed by atoms with E-state index in [0.717, 1.165) is 4.90 Å². The molecule has 0 saturated carbocycles. The quantitative estimate of drug-likeness (QED) is 0.885. The molecule has 0 atom stereocenters. The van der Waals surface area contributed by atoms with Gasteiger partial charge in [0.1, 0.15) is 12.4 Å². The van der Waals surface area contributed by atoms with E-state index in [1.807, 2.05) is 0 Å². The number of nitrogens with zero attached hydrogens (tertiary/aromatic N) is 1. The van der Waals surface area contributed by atoms with Gasteiger partial charge in [0.2, 0.25) is 0 Å². The third-order valence-corrected chi connectivity index (χ3v) is 2.93. The molecule has 1 heterocycles. The highest BCUT2D eigenvalue weighted by molar-refractivity contribution is 5.94. The Morgan fingerprint density at radius 3 is 2.80 bits per heavy atom. The molecule has 1 aliphatic rings. The van der Waals surface area contributed by atoms with Gasteiger partial charge in [0, 0.05) is 5.56 Å². The zero-order chi connectivity index (χ0) is 14.7. The first-order valence-corrected chi connectivity index (χ1v) is 5.93. The number of benzene rings is 1. The van der Waals surface area contributed by atoms with E-state index >= 15 is 0 Å². The Kier molecular flexibility index (Phi) is 3.88. The third-order valence-electron chi connectivity index (χ3n) is 2.93. The van der Waals surface area contributed by atoms with E-state index in [-0.39, 0.29) is 25.3 Å². The molecule has 106 valence electrons. The molecule has 20 heavy (non-hydrogen) atoms. The average Bonchev–Trinajstić information content (AvgIpc) is 2.83. The lowest BCUT2D eigenvalue weighted by atomic mass is 10.1. The second-order valence-electron chi connectivity index (χ2n) is 4.18. The second kappa shape index (κ2) is 5.60. The summed E-state index contributed by atoms with van der Waals surface area (Å²) < 4.78 is 9.93. The summed E-state index contributed by atoms with van der Waals surface area (Å²) in [4.78, 5) is 34.9. The number of amides is 2. The highest BCUT2D eigenvalue weighted by Gasteiger charge is 2.28. The summed E-state index contributed by atoms with van der Waals surface area (Å²) in [5.74, 6) is -1.29. The van der Waals surface area contributed by atoms with E-state index in [9.17, 15) is 14.4 Å². The van der Waals surface area contributed by atoms with Crippen molar-refractivity contribution in [3.05, 3.63) is 29.3 Å². The van der Waals surface area contributed by atoms with E-state index in [2.05, 4.69) is 4.74 Å². The number of hydrogen-bond acceptors (Lipinski definition) is 5. The van der Waals surface area contributed by atoms with Crippen molar-refractivity contribution in [3.8, 4) is 5.75 Å². The van der Waals surface area contributed by atoms with Crippen LogP contribution in [0.15, 0.2) is 18.2 Å². The molecule has 0 aliphatic carbocycles. The Balaban J connectivity index is 2.04. The van der Waals surface area contributed by atoms with E-state index in [4.69, 9.17) is 9.84 Å². The van der Waals surface area contributed by atoms with Crippen molar-refractivity contribution in [2.45, 2.75) is 6.92 Å². The summed E-state index contributed by atoms with van der Waals surface area (Å²) in [6.45, 7) is 1.62. The molecular weight excluding hydrogens is 266 g/mol. The van der Waals surface area contributed by atoms with Gasteiger partial charge in [0.15, 0.2) is 6.61 Å². The van der Waals surface area contributed by atoms with Crippen LogP contribution in [0.4, 0.5) is 4.79 Å². The first kappa shape index (κ1) is 13.9. The van der Waals surface area contributed by atoms with Crippen molar-refractivity contribution in [1.82, 2.24) is 4.90 Å². The largest absolute Gasteiger partial charge is 0.483 e. The van der Waals surface area contributed by atoms with Crippen LogP contribution in [-0.4, -0.2) is 47.7 Å². The van der Waals surface area contributed by atoms with Gasteiger partial charge in [-0.25, -0.2) is 14.5 Å². The van der Waals surface area contributed by atoms with Crippen LogP contribution in [0.1, 0.15) is 15.9 Å². The number of carbonyl (C=O) groups excluding carboxylic acids is 2. The van der Waals surface area contributed by atoms with Crippen LogP contribution in [0, 0.1) is 6.92 Å². The minimum atomic E-state index is -1.07. The summed E-state index contributed by atoms with van der Waals surface area (Å²) in [6.07, 6.45) is -0.686. The fraction of sp³-hybridized carbons (Fsp3) is 0.308. The van der Waals surface area contributed by atoms with Crippen molar-refractivity contribution in [3.63, 3.8) is 0 Å². The SMILES string of the molecule is Cc1c(OCC(=O)N2CCOC2=O)cccc1C(=O)O. The molecule has 0 unspecified atom stereocenters. The van der Waals surface area contributed by atoms with E-state index < -0.39 is 18.0 Å². The summed E-state index contributed by atoms with van der Waals surface area (Å²) in [5.41, 5.74) is 0.535. The van der Waals surface area contributed by atoms with Crippen molar-refractivity contribution >= 4 is 18.0 Å². The molecule has 0 aromatic heterocycles. The maximum absolute atomic E-state index is 11.7. The van der Waals surface area contributed by atoms with Crippen LogP contribution in [-0.2, 0) is 9.53 Å². The van der Waals surface area contributed by atoms with Gasteiger partial charge in [-0.15, -0.1) is 0 Å². The molecule has 0 bridgehead atoms. The lowest BCUT2D eigenvalue weighted by molar-refractivity contribution is -0.129. The van der Waals surface area contributed by atoms with Gasteiger partial charge < -0.3 is 14.6 Å². The molecule has 1 aromatic carbocycles. The van der Waals surface area contributed by atoms with Gasteiger partial charge in [-0.1, -0.05) is 6.07 Å². The summed E-state index contributed by atoms with van der Waals surface area (Å²) in [7, 11) is 0.